The van der Waals surface area contributed by atoms with E-state index < -0.39 is 0 Å². The van der Waals surface area contributed by atoms with Crippen LogP contribution >= 0.6 is 36.4 Å². The largest absolute Gasteiger partial charge is 0.314 e. The summed E-state index contributed by atoms with van der Waals surface area (Å²) >= 11 is 6.10. The Bertz CT molecular complexity index is 354. The Morgan fingerprint density at radius 2 is 1.95 bits per heavy atom. The highest BCUT2D eigenvalue weighted by molar-refractivity contribution is 6.30. The van der Waals surface area contributed by atoms with Gasteiger partial charge < -0.3 is 5.32 Å². The number of rotatable bonds is 4. The second-order valence-corrected chi connectivity index (χ2v) is 5.08. The molecule has 5 heteroatoms. The summed E-state index contributed by atoms with van der Waals surface area (Å²) in [6.45, 7) is 6.72. The van der Waals surface area contributed by atoms with Crippen molar-refractivity contribution < 1.29 is 0 Å². The van der Waals surface area contributed by atoms with Crippen molar-refractivity contribution in [3.8, 4) is 0 Å². The molecule has 0 aromatic heterocycles. The highest BCUT2D eigenvalue weighted by Gasteiger charge is 2.21. The van der Waals surface area contributed by atoms with E-state index in [0.29, 0.717) is 6.04 Å². The predicted molar refractivity (Wildman–Crippen MR) is 88.0 cm³/mol. The second-order valence-electron chi connectivity index (χ2n) is 4.65. The Morgan fingerprint density at radius 3 is 2.53 bits per heavy atom. The van der Waals surface area contributed by atoms with Crippen molar-refractivity contribution in [3.63, 3.8) is 0 Å². The quantitative estimate of drug-likeness (QED) is 0.902. The molecule has 19 heavy (non-hydrogen) atoms. The third-order valence-corrected chi connectivity index (χ3v) is 3.62. The van der Waals surface area contributed by atoms with Gasteiger partial charge in [0.25, 0.3) is 0 Å². The molecule has 1 atom stereocenters. The summed E-state index contributed by atoms with van der Waals surface area (Å²) in [5.74, 6) is 0. The number of benzene rings is 1. The van der Waals surface area contributed by atoms with Gasteiger partial charge in [0.1, 0.15) is 0 Å². The third-order valence-electron chi connectivity index (χ3n) is 3.39. The summed E-state index contributed by atoms with van der Waals surface area (Å²) in [7, 11) is 0. The zero-order valence-electron chi connectivity index (χ0n) is 11.3. The molecule has 2 rings (SSSR count). The molecule has 0 amide bonds. The molecular formula is C14H23Cl3N2. The van der Waals surface area contributed by atoms with Crippen LogP contribution in [-0.2, 0) is 0 Å². The summed E-state index contributed by atoms with van der Waals surface area (Å²) in [5, 5.41) is 4.25. The molecule has 1 aliphatic rings. The molecule has 110 valence electrons. The molecule has 1 N–H and O–H groups in total. The lowest BCUT2D eigenvalue weighted by atomic mass is 10.00. The highest BCUT2D eigenvalue weighted by atomic mass is 35.5. The molecule has 1 heterocycles. The van der Waals surface area contributed by atoms with Crippen molar-refractivity contribution in [3.05, 3.63) is 34.9 Å². The van der Waals surface area contributed by atoms with E-state index in [1.54, 1.807) is 0 Å². The lowest BCUT2D eigenvalue weighted by Gasteiger charge is -2.35. The van der Waals surface area contributed by atoms with Crippen LogP contribution in [0.25, 0.3) is 0 Å². The van der Waals surface area contributed by atoms with Gasteiger partial charge >= 0.3 is 0 Å². The number of nitrogens with one attached hydrogen (secondary N) is 1. The van der Waals surface area contributed by atoms with Crippen LogP contribution in [-0.4, -0.2) is 31.1 Å². The van der Waals surface area contributed by atoms with Gasteiger partial charge in [0.15, 0.2) is 0 Å². The zero-order valence-corrected chi connectivity index (χ0v) is 13.7. The molecular weight excluding hydrogens is 303 g/mol. The normalized spacial score (nSPS) is 17.2. The Balaban J connectivity index is 0.00000162. The third kappa shape index (κ3) is 5.49. The molecule has 1 saturated heterocycles. The van der Waals surface area contributed by atoms with Crippen LogP contribution in [0.5, 0.6) is 0 Å². The van der Waals surface area contributed by atoms with Gasteiger partial charge in [-0.1, -0.05) is 37.1 Å². The van der Waals surface area contributed by atoms with Crippen molar-refractivity contribution in [2.24, 2.45) is 0 Å². The molecule has 0 bridgehead atoms. The monoisotopic (exact) mass is 324 g/mol. The van der Waals surface area contributed by atoms with Gasteiger partial charge in [-0.3, -0.25) is 4.90 Å². The molecule has 0 saturated carbocycles. The average Bonchev–Trinajstić information content (AvgIpc) is 2.37. The Labute approximate surface area is 133 Å². The van der Waals surface area contributed by atoms with Gasteiger partial charge in [0.05, 0.1) is 0 Å². The van der Waals surface area contributed by atoms with Gasteiger partial charge in [0, 0.05) is 37.2 Å². The number of piperazine rings is 1. The van der Waals surface area contributed by atoms with E-state index in [-0.39, 0.29) is 24.8 Å². The fourth-order valence-electron chi connectivity index (χ4n) is 2.54. The number of hydrogen-bond acceptors (Lipinski definition) is 2. The molecule has 2 nitrogen and oxygen atoms in total. The zero-order chi connectivity index (χ0) is 12.1. The van der Waals surface area contributed by atoms with E-state index in [1.165, 1.54) is 18.4 Å². The average molecular weight is 326 g/mol. The van der Waals surface area contributed by atoms with Crippen LogP contribution in [0.1, 0.15) is 31.4 Å². The van der Waals surface area contributed by atoms with E-state index in [1.807, 2.05) is 6.07 Å². The first-order chi connectivity index (χ1) is 8.31. The second kappa shape index (κ2) is 9.84. The van der Waals surface area contributed by atoms with Crippen LogP contribution in [0.2, 0.25) is 5.02 Å². The minimum Gasteiger partial charge on any atom is -0.314 e. The SMILES string of the molecule is CCC[C@@H](c1cccc(Cl)c1)N1CCNCC1.Cl.Cl. The van der Waals surface area contributed by atoms with Crippen LogP contribution in [0.4, 0.5) is 0 Å². The van der Waals surface area contributed by atoms with Crippen LogP contribution in [0.3, 0.4) is 0 Å². The summed E-state index contributed by atoms with van der Waals surface area (Å²) in [4.78, 5) is 2.58. The number of nitrogens with zero attached hydrogens (tertiary/aromatic N) is 1. The first-order valence-corrected chi connectivity index (χ1v) is 6.89. The van der Waals surface area contributed by atoms with Gasteiger partial charge in [-0.15, -0.1) is 24.8 Å². The molecule has 1 aliphatic heterocycles. The minimum absolute atomic E-state index is 0. The van der Waals surface area contributed by atoms with Crippen molar-refractivity contribution in [1.29, 1.82) is 0 Å². The molecule has 1 fully saturated rings. The van der Waals surface area contributed by atoms with Crippen molar-refractivity contribution in [1.82, 2.24) is 10.2 Å². The summed E-state index contributed by atoms with van der Waals surface area (Å²) in [6, 6.07) is 8.85. The number of halogens is 3. The van der Waals surface area contributed by atoms with Crippen LogP contribution < -0.4 is 5.32 Å². The summed E-state index contributed by atoms with van der Waals surface area (Å²) < 4.78 is 0. The molecule has 0 aliphatic carbocycles. The van der Waals surface area contributed by atoms with Gasteiger partial charge in [-0.05, 0) is 24.1 Å². The highest BCUT2D eigenvalue weighted by Crippen LogP contribution is 2.27. The van der Waals surface area contributed by atoms with Gasteiger partial charge in [0.2, 0.25) is 0 Å². The molecule has 0 unspecified atom stereocenters. The van der Waals surface area contributed by atoms with Gasteiger partial charge in [-0.2, -0.15) is 0 Å². The predicted octanol–water partition coefficient (Wildman–Crippen LogP) is 3.93. The topological polar surface area (TPSA) is 15.3 Å². The molecule has 0 radical (unpaired) electrons. The first-order valence-electron chi connectivity index (χ1n) is 6.51. The first kappa shape index (κ1) is 19.0. The maximum atomic E-state index is 6.10. The van der Waals surface area contributed by atoms with E-state index in [4.69, 9.17) is 11.6 Å². The summed E-state index contributed by atoms with van der Waals surface area (Å²) in [6.07, 6.45) is 2.42. The lowest BCUT2D eigenvalue weighted by Crippen LogP contribution is -2.45. The maximum Gasteiger partial charge on any atom is 0.0409 e. The molecule has 0 spiro atoms. The number of hydrogen-bond donors (Lipinski definition) is 1. The lowest BCUT2D eigenvalue weighted by molar-refractivity contribution is 0.164. The van der Waals surface area contributed by atoms with Crippen LogP contribution in [0.15, 0.2) is 24.3 Å². The minimum atomic E-state index is 0. The fraction of sp³-hybridized carbons (Fsp3) is 0.571. The summed E-state index contributed by atoms with van der Waals surface area (Å²) in [5.41, 5.74) is 1.36. The van der Waals surface area contributed by atoms with E-state index in [9.17, 15) is 0 Å². The van der Waals surface area contributed by atoms with Crippen LogP contribution in [0, 0.1) is 0 Å². The fourth-order valence-corrected chi connectivity index (χ4v) is 2.74. The van der Waals surface area contributed by atoms with Crippen molar-refractivity contribution >= 4 is 36.4 Å². The van der Waals surface area contributed by atoms with Crippen molar-refractivity contribution in [2.75, 3.05) is 26.2 Å². The van der Waals surface area contributed by atoms with E-state index in [2.05, 4.69) is 35.3 Å². The molecule has 1 aromatic rings. The Hall–Kier alpha value is 0.01000. The Kier molecular flexibility index (Phi) is 9.85. The molecule has 1 aromatic carbocycles. The smallest absolute Gasteiger partial charge is 0.0409 e. The van der Waals surface area contributed by atoms with E-state index in [0.717, 1.165) is 31.2 Å². The van der Waals surface area contributed by atoms with E-state index >= 15 is 0 Å². The van der Waals surface area contributed by atoms with Gasteiger partial charge in [-0.25, -0.2) is 0 Å². The van der Waals surface area contributed by atoms with Crippen molar-refractivity contribution in [2.45, 2.75) is 25.8 Å². The standard InChI is InChI=1S/C14H21ClN2.2ClH/c1-2-4-14(17-9-7-16-8-10-17)12-5-3-6-13(15)11-12;;/h3,5-6,11,14,16H,2,4,7-10H2,1H3;2*1H/t14-;;/m0../s1. The Morgan fingerprint density at radius 1 is 1.26 bits per heavy atom. The maximum absolute atomic E-state index is 6.10.